The van der Waals surface area contributed by atoms with Crippen molar-refractivity contribution in [1.29, 1.82) is 0 Å². The van der Waals surface area contributed by atoms with Gasteiger partial charge < -0.3 is 5.11 Å². The van der Waals surface area contributed by atoms with Gasteiger partial charge in [-0.3, -0.25) is 14.9 Å². The summed E-state index contributed by atoms with van der Waals surface area (Å²) in [5.41, 5.74) is 0.588. The van der Waals surface area contributed by atoms with Gasteiger partial charge in [0.05, 0.1) is 11.3 Å². The molecule has 8 nitrogen and oxygen atoms in total. The van der Waals surface area contributed by atoms with Crippen molar-refractivity contribution in [2.45, 2.75) is 6.42 Å². The molecular formula is C8H6AgN4O4. The molecule has 1 radical (unpaired) electrons. The Labute approximate surface area is 110 Å². The van der Waals surface area contributed by atoms with Gasteiger partial charge in [0.2, 0.25) is 0 Å². The molecule has 0 fully saturated rings. The first-order valence-corrected chi connectivity index (χ1v) is 4.27. The van der Waals surface area contributed by atoms with Crippen LogP contribution < -0.4 is 0 Å². The number of nitrogens with one attached hydrogen (secondary N) is 1. The summed E-state index contributed by atoms with van der Waals surface area (Å²) in [5, 5.41) is 29.1. The fourth-order valence-corrected chi connectivity index (χ4v) is 1.40. The van der Waals surface area contributed by atoms with Crippen molar-refractivity contribution >= 4 is 22.7 Å². The summed E-state index contributed by atoms with van der Waals surface area (Å²) in [7, 11) is 0. The number of carbonyl (C=O) groups is 1. The molecule has 1 aromatic carbocycles. The first kappa shape index (κ1) is 13.3. The van der Waals surface area contributed by atoms with Gasteiger partial charge in [-0.1, -0.05) is 0 Å². The number of hydrogen-bond acceptors (Lipinski definition) is 5. The van der Waals surface area contributed by atoms with Gasteiger partial charge in [0.25, 0.3) is 5.69 Å². The van der Waals surface area contributed by atoms with Crippen molar-refractivity contribution in [3.8, 4) is 0 Å². The van der Waals surface area contributed by atoms with Crippen molar-refractivity contribution in [2.75, 3.05) is 0 Å². The van der Waals surface area contributed by atoms with Gasteiger partial charge in [-0.2, -0.15) is 15.4 Å². The van der Waals surface area contributed by atoms with E-state index in [1.807, 2.05) is 0 Å². The summed E-state index contributed by atoms with van der Waals surface area (Å²) in [6, 6.07) is 2.56. The smallest absolute Gasteiger partial charge is 0.308 e. The quantitative estimate of drug-likeness (QED) is 0.480. The second-order valence-electron chi connectivity index (χ2n) is 3.12. The summed E-state index contributed by atoms with van der Waals surface area (Å²) < 4.78 is 0. The fraction of sp³-hybridized carbons (Fsp3) is 0.125. The van der Waals surface area contributed by atoms with E-state index in [0.29, 0.717) is 11.0 Å². The largest absolute Gasteiger partial charge is 0.481 e. The van der Waals surface area contributed by atoms with Crippen LogP contribution in [0.25, 0.3) is 11.0 Å². The molecule has 0 aliphatic carbocycles. The second-order valence-corrected chi connectivity index (χ2v) is 3.12. The molecule has 1 aromatic heterocycles. The van der Waals surface area contributed by atoms with E-state index in [4.69, 9.17) is 5.11 Å². The second kappa shape index (κ2) is 5.04. The van der Waals surface area contributed by atoms with E-state index in [9.17, 15) is 14.9 Å². The van der Waals surface area contributed by atoms with E-state index in [0.717, 1.165) is 0 Å². The number of aromatic nitrogens is 3. The SMILES string of the molecule is O=C(O)Cc1cc2n[nH]nc2cc1[N+](=O)[O-].[Ag]. The Bertz CT molecular complexity index is 582. The predicted octanol–water partition coefficient (Wildman–Crippen LogP) is 0.491. The zero-order valence-electron chi connectivity index (χ0n) is 8.18. The molecule has 0 aliphatic heterocycles. The molecule has 2 aromatic rings. The Morgan fingerprint density at radius 3 is 2.53 bits per heavy atom. The van der Waals surface area contributed by atoms with E-state index in [2.05, 4.69) is 15.4 Å². The molecule has 0 amide bonds. The third kappa shape index (κ3) is 2.67. The maximum Gasteiger partial charge on any atom is 0.308 e. The number of H-pyrrole nitrogens is 1. The van der Waals surface area contributed by atoms with Gasteiger partial charge >= 0.3 is 5.97 Å². The van der Waals surface area contributed by atoms with Crippen LogP contribution in [0.2, 0.25) is 0 Å². The van der Waals surface area contributed by atoms with Crippen LogP contribution in [0.3, 0.4) is 0 Å². The van der Waals surface area contributed by atoms with Crippen molar-refractivity contribution in [3.05, 3.63) is 27.8 Å². The average Bonchev–Trinajstić information content (AvgIpc) is 2.62. The summed E-state index contributed by atoms with van der Waals surface area (Å²) in [6.45, 7) is 0. The Balaban J connectivity index is 0.00000144. The number of aromatic amines is 1. The van der Waals surface area contributed by atoms with Crippen LogP contribution in [0.1, 0.15) is 5.56 Å². The van der Waals surface area contributed by atoms with E-state index in [-0.39, 0.29) is 33.6 Å². The molecule has 17 heavy (non-hydrogen) atoms. The van der Waals surface area contributed by atoms with Crippen LogP contribution >= 0.6 is 0 Å². The van der Waals surface area contributed by atoms with Crippen molar-refractivity contribution in [3.63, 3.8) is 0 Å². The molecule has 2 rings (SSSR count). The molecule has 1 heterocycles. The Hall–Kier alpha value is -1.77. The first-order chi connectivity index (χ1) is 7.58. The molecule has 9 heteroatoms. The van der Waals surface area contributed by atoms with Crippen LogP contribution in [0.4, 0.5) is 5.69 Å². The minimum Gasteiger partial charge on any atom is -0.481 e. The van der Waals surface area contributed by atoms with Crippen LogP contribution in [-0.2, 0) is 33.6 Å². The summed E-state index contributed by atoms with van der Waals surface area (Å²) >= 11 is 0. The summed E-state index contributed by atoms with van der Waals surface area (Å²) in [4.78, 5) is 20.6. The van der Waals surface area contributed by atoms with Gasteiger partial charge in [0.1, 0.15) is 11.0 Å². The zero-order valence-corrected chi connectivity index (χ0v) is 9.66. The molecule has 0 unspecified atom stereocenters. The minimum atomic E-state index is -1.13. The molecule has 0 spiro atoms. The number of carboxylic acid groups (broad SMARTS) is 1. The molecule has 2 N–H and O–H groups in total. The normalized spacial score (nSPS) is 9.88. The summed E-state index contributed by atoms with van der Waals surface area (Å²) in [6.07, 6.45) is -0.418. The monoisotopic (exact) mass is 329 g/mol. The van der Waals surface area contributed by atoms with Crippen LogP contribution in [0.15, 0.2) is 12.1 Å². The third-order valence-electron chi connectivity index (χ3n) is 2.06. The number of nitro groups is 1. The van der Waals surface area contributed by atoms with E-state index in [1.54, 1.807) is 0 Å². The number of aliphatic carboxylic acids is 1. The van der Waals surface area contributed by atoms with Gasteiger partial charge in [-0.15, -0.1) is 0 Å². The number of rotatable bonds is 3. The van der Waals surface area contributed by atoms with Gasteiger partial charge in [0.15, 0.2) is 0 Å². The van der Waals surface area contributed by atoms with E-state index < -0.39 is 17.3 Å². The molecule has 93 valence electrons. The Kier molecular flexibility index (Phi) is 3.94. The van der Waals surface area contributed by atoms with E-state index in [1.165, 1.54) is 12.1 Å². The van der Waals surface area contributed by atoms with E-state index >= 15 is 0 Å². The van der Waals surface area contributed by atoms with Gasteiger partial charge in [-0.25, -0.2) is 0 Å². The zero-order chi connectivity index (χ0) is 11.7. The van der Waals surface area contributed by atoms with Crippen molar-refractivity contribution < 1.29 is 37.2 Å². The number of fused-ring (bicyclic) bond motifs is 1. The fourth-order valence-electron chi connectivity index (χ4n) is 1.40. The number of hydrogen-bond donors (Lipinski definition) is 2. The topological polar surface area (TPSA) is 122 Å². The third-order valence-corrected chi connectivity index (χ3v) is 2.06. The number of benzene rings is 1. The molecule has 0 saturated heterocycles. The standard InChI is InChI=1S/C8H6N4O4.Ag/c13-8(14)2-4-1-5-6(10-11-9-5)3-7(4)12(15)16;/h1,3H,2H2,(H,13,14)(H,9,10,11);. The molecular weight excluding hydrogens is 324 g/mol. The van der Waals surface area contributed by atoms with Crippen LogP contribution in [0, 0.1) is 10.1 Å². The molecule has 0 saturated carbocycles. The number of carboxylic acids is 1. The van der Waals surface area contributed by atoms with Crippen molar-refractivity contribution in [1.82, 2.24) is 15.4 Å². The van der Waals surface area contributed by atoms with Crippen molar-refractivity contribution in [2.24, 2.45) is 0 Å². The summed E-state index contributed by atoms with van der Waals surface area (Å²) in [5.74, 6) is -1.13. The maximum atomic E-state index is 10.7. The number of nitro benzene ring substituents is 1. The molecule has 0 aliphatic rings. The Morgan fingerprint density at radius 2 is 2.00 bits per heavy atom. The maximum absolute atomic E-state index is 10.7. The number of nitrogens with zero attached hydrogens (tertiary/aromatic N) is 3. The Morgan fingerprint density at radius 1 is 1.41 bits per heavy atom. The minimum absolute atomic E-state index is 0. The molecule has 0 atom stereocenters. The van der Waals surface area contributed by atoms with Crippen LogP contribution in [0.5, 0.6) is 0 Å². The van der Waals surface area contributed by atoms with Crippen LogP contribution in [-0.4, -0.2) is 31.4 Å². The first-order valence-electron chi connectivity index (χ1n) is 4.27. The van der Waals surface area contributed by atoms with Gasteiger partial charge in [-0.05, 0) is 6.07 Å². The predicted molar refractivity (Wildman–Crippen MR) is 51.9 cm³/mol. The molecule has 0 bridgehead atoms. The average molecular weight is 330 g/mol. The van der Waals surface area contributed by atoms with Gasteiger partial charge in [0, 0.05) is 34.0 Å².